The van der Waals surface area contributed by atoms with Crippen LogP contribution in [-0.4, -0.2) is 115 Å². The van der Waals surface area contributed by atoms with Crippen LogP contribution < -0.4 is 11.1 Å². The summed E-state index contributed by atoms with van der Waals surface area (Å²) in [5.74, 6) is -5.82. The Morgan fingerprint density at radius 1 is 0.959 bits per heavy atom. The van der Waals surface area contributed by atoms with E-state index in [-0.39, 0.29) is 0 Å². The number of aliphatic hydroxyl groups is 1. The van der Waals surface area contributed by atoms with Gasteiger partial charge in [-0.2, -0.15) is 0 Å². The molecule has 4 N–H and O–H groups in total. The summed E-state index contributed by atoms with van der Waals surface area (Å²) in [6.07, 6.45) is -12.4. The molecule has 20 heteroatoms. The van der Waals surface area contributed by atoms with Crippen LogP contribution in [0, 0.1) is 0 Å². The summed E-state index contributed by atoms with van der Waals surface area (Å²) in [5, 5.41) is 13.5. The van der Waals surface area contributed by atoms with Gasteiger partial charge in [0, 0.05) is 27.7 Å². The molecule has 16 nitrogen and oxygen atoms in total. The minimum atomic E-state index is -2.81. The van der Waals surface area contributed by atoms with Crippen molar-refractivity contribution in [2.75, 3.05) is 6.61 Å². The molecule has 0 bridgehead atoms. The van der Waals surface area contributed by atoms with Crippen LogP contribution in [0.1, 0.15) is 48.5 Å². The number of amides is 2. The lowest BCUT2D eigenvalue weighted by molar-refractivity contribution is -0.292. The number of carbonyl (C=O) groups excluding carboxylic acids is 6. The van der Waals surface area contributed by atoms with Gasteiger partial charge < -0.3 is 49.0 Å². The van der Waals surface area contributed by atoms with E-state index in [0.717, 1.165) is 33.8 Å². The Morgan fingerprint density at radius 2 is 1.49 bits per heavy atom. The molecule has 2 amide bonds. The number of esters is 4. The van der Waals surface area contributed by atoms with E-state index in [0.29, 0.717) is 0 Å². The summed E-state index contributed by atoms with van der Waals surface area (Å²) in [6, 6.07) is -1.66. The van der Waals surface area contributed by atoms with Crippen LogP contribution >= 0.6 is 34.8 Å². The summed E-state index contributed by atoms with van der Waals surface area (Å²) >= 11 is 17.4. The maximum atomic E-state index is 12.9. The van der Waals surface area contributed by atoms with Gasteiger partial charge in [-0.3, -0.25) is 28.8 Å². The van der Waals surface area contributed by atoms with E-state index in [4.69, 9.17) is 73.4 Å². The first-order valence-corrected chi connectivity index (χ1v) is 18.9. The number of hydrogen-bond acceptors (Lipinski definition) is 14. The van der Waals surface area contributed by atoms with Gasteiger partial charge >= 0.3 is 23.9 Å². The number of hydrogen-bond donors (Lipinski definition) is 3. The predicted octanol–water partition coefficient (Wildman–Crippen LogP) is 1.73. The van der Waals surface area contributed by atoms with Crippen molar-refractivity contribution < 1.29 is 66.7 Å². The van der Waals surface area contributed by atoms with Gasteiger partial charge in [-0.05, 0) is 18.1 Å². The van der Waals surface area contributed by atoms with Crippen LogP contribution in [0.5, 0.6) is 0 Å². The monoisotopic (exact) mass is 778 g/mol. The normalized spacial score (nSPS) is 23.9. The summed E-state index contributed by atoms with van der Waals surface area (Å²) in [5.41, 5.74) is 5.69. The number of nitrogens with two attached hydrogens (primary N) is 1. The van der Waals surface area contributed by atoms with Crippen molar-refractivity contribution in [1.82, 2.24) is 5.32 Å². The summed E-state index contributed by atoms with van der Waals surface area (Å²) in [7, 11) is -2.81. The second kappa shape index (κ2) is 18.1. The Balaban J connectivity index is 3.81. The SMILES string of the molecule is C=C[C@H](O[C@@H]1O[C@H](COC(C)=O)[C@@H](OC(C)=O)[C@H](OC(C)=O)[C@H]1NC(=O)C(Cl)(Cl)Cl)[C@@H](O)[C@@H](OC(C)=O)[C@H](O[Si](C)(C)C(C)(C)C)C(N)=O. The van der Waals surface area contributed by atoms with Gasteiger partial charge in [-0.1, -0.05) is 61.7 Å². The second-order valence-electron chi connectivity index (χ2n) is 12.6. The molecule has 9 atom stereocenters. The molecule has 1 heterocycles. The van der Waals surface area contributed by atoms with Crippen molar-refractivity contribution in [3.8, 4) is 0 Å². The summed E-state index contributed by atoms with van der Waals surface area (Å²) in [6.45, 7) is 16.5. The van der Waals surface area contributed by atoms with Gasteiger partial charge in [0.25, 0.3) is 9.70 Å². The summed E-state index contributed by atoms with van der Waals surface area (Å²) < 4.78 is 36.8. The Morgan fingerprint density at radius 3 is 1.90 bits per heavy atom. The van der Waals surface area contributed by atoms with E-state index in [1.165, 1.54) is 0 Å². The number of aliphatic hydroxyl groups excluding tert-OH is 1. The van der Waals surface area contributed by atoms with E-state index < -0.39 is 115 Å². The van der Waals surface area contributed by atoms with Crippen LogP contribution in [-0.2, 0) is 61.6 Å². The molecule has 0 saturated carbocycles. The van der Waals surface area contributed by atoms with Gasteiger partial charge in [0.1, 0.15) is 31.0 Å². The number of halogens is 3. The summed E-state index contributed by atoms with van der Waals surface area (Å²) in [4.78, 5) is 74.0. The molecule has 1 fully saturated rings. The lowest BCUT2D eigenvalue weighted by Crippen LogP contribution is -2.68. The highest BCUT2D eigenvalue weighted by Crippen LogP contribution is 2.38. The topological polar surface area (TPSA) is 225 Å². The standard InChI is InChI=1S/C29H45Cl3N2O14Si/c1-11-17(20(39)23(45-16(5)38)24(25(33)40)48-49(9,10)28(6,7)8)46-26-19(34-27(41)29(30,31)32)22(44-15(4)37)21(43-14(3)36)18(47-26)12-42-13(2)35/h11,17-24,26,39H,1,12H2,2-10H3,(H2,33,40)(H,34,41)/t17-,18+,19+,20+,21+,22+,23+,24-,26+/m0/s1. The van der Waals surface area contributed by atoms with Gasteiger partial charge in [0.2, 0.25) is 5.91 Å². The lowest BCUT2D eigenvalue weighted by atomic mass is 9.95. The van der Waals surface area contributed by atoms with E-state index in [1.54, 1.807) is 13.1 Å². The molecule has 0 spiro atoms. The van der Waals surface area contributed by atoms with E-state index in [9.17, 15) is 33.9 Å². The third-order valence-electron chi connectivity index (χ3n) is 7.56. The fourth-order valence-electron chi connectivity index (χ4n) is 4.31. The van der Waals surface area contributed by atoms with E-state index in [2.05, 4.69) is 11.9 Å². The van der Waals surface area contributed by atoms with Gasteiger partial charge in [0.05, 0.1) is 0 Å². The Labute approximate surface area is 300 Å². The number of alkyl halides is 3. The van der Waals surface area contributed by atoms with Crippen molar-refractivity contribution in [3.05, 3.63) is 12.7 Å². The van der Waals surface area contributed by atoms with Crippen molar-refractivity contribution in [2.45, 2.75) is 125 Å². The first-order valence-electron chi connectivity index (χ1n) is 14.8. The minimum absolute atomic E-state index is 0.453. The molecule has 1 rings (SSSR count). The molecule has 0 aliphatic carbocycles. The molecule has 49 heavy (non-hydrogen) atoms. The van der Waals surface area contributed by atoms with Crippen LogP contribution in [0.3, 0.4) is 0 Å². The molecule has 280 valence electrons. The fraction of sp³-hybridized carbons (Fsp3) is 0.724. The number of ether oxygens (including phenoxy) is 6. The zero-order valence-electron chi connectivity index (χ0n) is 28.7. The number of carbonyl (C=O) groups is 6. The maximum absolute atomic E-state index is 12.9. The quantitative estimate of drug-likeness (QED) is 0.0708. The molecule has 0 aromatic carbocycles. The number of primary amides is 1. The molecule has 0 radical (unpaired) electrons. The van der Waals surface area contributed by atoms with Crippen LogP contribution in [0.2, 0.25) is 18.1 Å². The van der Waals surface area contributed by atoms with Crippen molar-refractivity contribution >= 4 is 78.8 Å². The van der Waals surface area contributed by atoms with E-state index in [1.807, 2.05) is 20.8 Å². The fourth-order valence-corrected chi connectivity index (χ4v) is 5.71. The van der Waals surface area contributed by atoms with Crippen molar-refractivity contribution in [3.63, 3.8) is 0 Å². The van der Waals surface area contributed by atoms with Crippen LogP contribution in [0.4, 0.5) is 0 Å². The Kier molecular flexibility index (Phi) is 16.5. The molecule has 1 aliphatic rings. The zero-order valence-corrected chi connectivity index (χ0v) is 31.9. The molecule has 0 aromatic rings. The van der Waals surface area contributed by atoms with Crippen molar-refractivity contribution in [1.29, 1.82) is 0 Å². The Hall–Kier alpha value is -2.51. The molecule has 1 aliphatic heterocycles. The van der Waals surface area contributed by atoms with Crippen molar-refractivity contribution in [2.24, 2.45) is 5.73 Å². The third-order valence-corrected chi connectivity index (χ3v) is 12.5. The number of rotatable bonds is 15. The molecular formula is C29H45Cl3N2O14Si. The Bertz CT molecular complexity index is 1240. The minimum Gasteiger partial charge on any atom is -0.463 e. The average Bonchev–Trinajstić information content (AvgIpc) is 2.92. The molecular weight excluding hydrogens is 735 g/mol. The largest absolute Gasteiger partial charge is 0.463 e. The highest BCUT2D eigenvalue weighted by Gasteiger charge is 2.54. The average molecular weight is 780 g/mol. The third kappa shape index (κ3) is 13.3. The maximum Gasteiger partial charge on any atom is 0.303 e. The predicted molar refractivity (Wildman–Crippen MR) is 177 cm³/mol. The van der Waals surface area contributed by atoms with Crippen LogP contribution in [0.15, 0.2) is 12.7 Å². The number of nitrogens with one attached hydrogen (secondary N) is 1. The first kappa shape index (κ1) is 44.5. The second-order valence-corrected chi connectivity index (χ2v) is 19.6. The molecule has 0 unspecified atom stereocenters. The molecule has 0 aromatic heterocycles. The van der Waals surface area contributed by atoms with Crippen LogP contribution in [0.25, 0.3) is 0 Å². The van der Waals surface area contributed by atoms with Gasteiger partial charge in [-0.15, -0.1) is 6.58 Å². The van der Waals surface area contributed by atoms with Gasteiger partial charge in [-0.25, -0.2) is 0 Å². The van der Waals surface area contributed by atoms with E-state index >= 15 is 0 Å². The first-order chi connectivity index (χ1) is 22.2. The highest BCUT2D eigenvalue weighted by molar-refractivity contribution is 6.76. The molecule has 1 saturated heterocycles. The van der Waals surface area contributed by atoms with Gasteiger partial charge in [0.15, 0.2) is 39.0 Å². The smallest absolute Gasteiger partial charge is 0.303 e. The highest BCUT2D eigenvalue weighted by atomic mass is 35.6. The lowest BCUT2D eigenvalue weighted by Gasteiger charge is -2.46. The zero-order chi connectivity index (χ0) is 38.2.